The minimum atomic E-state index is -0.641. The second kappa shape index (κ2) is 9.65. The number of likely N-dealkylation sites (tertiary alicyclic amines) is 1. The zero-order valence-corrected chi connectivity index (χ0v) is 16.1. The first-order valence-corrected chi connectivity index (χ1v) is 7.56. The number of aliphatic imine (C=N–C) groups is 1. The zero-order valence-electron chi connectivity index (χ0n) is 13.8. The van der Waals surface area contributed by atoms with Gasteiger partial charge < -0.3 is 20.1 Å². The number of hydrogen-bond donors (Lipinski definition) is 2. The summed E-state index contributed by atoms with van der Waals surface area (Å²) in [6.45, 7) is 1.83. The maximum atomic E-state index is 13.3. The lowest BCUT2D eigenvalue weighted by Gasteiger charge is -2.33. The van der Waals surface area contributed by atoms with Gasteiger partial charge in [0.05, 0.1) is 13.0 Å². The molecule has 2 N–H and O–H groups in total. The van der Waals surface area contributed by atoms with Crippen molar-refractivity contribution in [1.29, 1.82) is 0 Å². The fraction of sp³-hybridized carbons (Fsp3) is 0.500. The Bertz CT molecular complexity index is 590. The van der Waals surface area contributed by atoms with E-state index in [4.69, 9.17) is 4.74 Å². The second-order valence-corrected chi connectivity index (χ2v) is 5.47. The number of nitrogens with zero attached hydrogens (tertiary/aromatic N) is 2. The first-order valence-electron chi connectivity index (χ1n) is 7.56. The molecule has 24 heavy (non-hydrogen) atoms. The maximum absolute atomic E-state index is 13.3. The van der Waals surface area contributed by atoms with Crippen LogP contribution in [0, 0.1) is 11.7 Å². The van der Waals surface area contributed by atoms with Crippen LogP contribution in [0.5, 0.6) is 5.75 Å². The van der Waals surface area contributed by atoms with Crippen LogP contribution in [0.25, 0.3) is 0 Å². The highest BCUT2D eigenvalue weighted by molar-refractivity contribution is 14.0. The summed E-state index contributed by atoms with van der Waals surface area (Å²) in [6, 6.07) is 4.28. The summed E-state index contributed by atoms with van der Waals surface area (Å²) in [6.07, 6.45) is 1.45. The molecular weight excluding hydrogens is 428 g/mol. The molecule has 1 aromatic rings. The van der Waals surface area contributed by atoms with Crippen molar-refractivity contribution in [3.05, 3.63) is 29.6 Å². The van der Waals surface area contributed by atoms with Crippen LogP contribution in [-0.2, 0) is 16.1 Å². The van der Waals surface area contributed by atoms with E-state index in [1.807, 2.05) is 0 Å². The van der Waals surface area contributed by atoms with E-state index in [1.54, 1.807) is 13.1 Å². The molecular formula is C16H23FIN3O3. The van der Waals surface area contributed by atoms with Gasteiger partial charge in [-0.25, -0.2) is 4.39 Å². The molecule has 0 aromatic heterocycles. The molecule has 134 valence electrons. The largest absolute Gasteiger partial charge is 0.505 e. The lowest BCUT2D eigenvalue weighted by molar-refractivity contribution is -0.146. The highest BCUT2D eigenvalue weighted by Gasteiger charge is 2.26. The third kappa shape index (κ3) is 5.22. The predicted octanol–water partition coefficient (Wildman–Crippen LogP) is 2.11. The Morgan fingerprint density at radius 3 is 2.67 bits per heavy atom. The Kier molecular flexibility index (Phi) is 8.23. The summed E-state index contributed by atoms with van der Waals surface area (Å²) in [5.74, 6) is -0.504. The average molecular weight is 451 g/mol. The van der Waals surface area contributed by atoms with Crippen LogP contribution in [0.4, 0.5) is 4.39 Å². The number of halogens is 2. The monoisotopic (exact) mass is 451 g/mol. The first-order chi connectivity index (χ1) is 11.0. The molecule has 0 amide bonds. The number of phenolic OH excluding ortho intramolecular Hbond substituents is 1. The first kappa shape index (κ1) is 20.5. The topological polar surface area (TPSA) is 74.2 Å². The third-order valence-corrected chi connectivity index (χ3v) is 4.00. The minimum Gasteiger partial charge on any atom is -0.505 e. The Hall–Kier alpha value is -1.58. The van der Waals surface area contributed by atoms with E-state index in [1.165, 1.54) is 19.2 Å². The van der Waals surface area contributed by atoms with Crippen LogP contribution in [0.3, 0.4) is 0 Å². The number of ether oxygens (including phenoxy) is 1. The van der Waals surface area contributed by atoms with Crippen molar-refractivity contribution in [1.82, 2.24) is 10.2 Å². The van der Waals surface area contributed by atoms with Gasteiger partial charge in [-0.3, -0.25) is 9.79 Å². The molecule has 0 saturated carbocycles. The van der Waals surface area contributed by atoms with Crippen LogP contribution in [0.2, 0.25) is 0 Å². The number of benzene rings is 1. The van der Waals surface area contributed by atoms with Crippen LogP contribution < -0.4 is 5.32 Å². The molecule has 0 atom stereocenters. The number of esters is 1. The number of rotatable bonds is 3. The number of piperidine rings is 1. The van der Waals surface area contributed by atoms with Gasteiger partial charge in [0.2, 0.25) is 0 Å². The van der Waals surface area contributed by atoms with E-state index in [2.05, 4.69) is 15.2 Å². The van der Waals surface area contributed by atoms with E-state index < -0.39 is 5.82 Å². The summed E-state index contributed by atoms with van der Waals surface area (Å²) in [5.41, 5.74) is 0.714. The molecule has 8 heteroatoms. The number of methoxy groups -OCH3 is 1. The molecule has 1 aliphatic heterocycles. The molecule has 6 nitrogen and oxygen atoms in total. The number of aromatic hydroxyl groups is 1. The van der Waals surface area contributed by atoms with Crippen LogP contribution in [-0.4, -0.2) is 49.2 Å². The lowest BCUT2D eigenvalue weighted by Crippen LogP contribution is -2.46. The van der Waals surface area contributed by atoms with E-state index in [9.17, 15) is 14.3 Å². The van der Waals surface area contributed by atoms with E-state index in [-0.39, 0.29) is 41.6 Å². The molecule has 0 unspecified atom stereocenters. The number of carbonyl (C=O) groups is 1. The molecule has 1 heterocycles. The van der Waals surface area contributed by atoms with Gasteiger partial charge >= 0.3 is 5.97 Å². The number of phenols is 1. The molecule has 1 aromatic carbocycles. The number of guanidine groups is 1. The molecule has 1 saturated heterocycles. The van der Waals surface area contributed by atoms with Gasteiger partial charge in [0, 0.05) is 26.7 Å². The van der Waals surface area contributed by atoms with E-state index >= 15 is 0 Å². The highest BCUT2D eigenvalue weighted by Crippen LogP contribution is 2.19. The fourth-order valence-electron chi connectivity index (χ4n) is 2.67. The Morgan fingerprint density at radius 1 is 1.46 bits per heavy atom. The average Bonchev–Trinajstić information content (AvgIpc) is 2.58. The molecule has 0 radical (unpaired) electrons. The summed E-state index contributed by atoms with van der Waals surface area (Å²) < 4.78 is 18.1. The smallest absolute Gasteiger partial charge is 0.308 e. The molecule has 2 rings (SSSR count). The summed E-state index contributed by atoms with van der Waals surface area (Å²) in [4.78, 5) is 17.8. The van der Waals surface area contributed by atoms with Crippen molar-refractivity contribution >= 4 is 35.9 Å². The van der Waals surface area contributed by atoms with Crippen molar-refractivity contribution in [3.63, 3.8) is 0 Å². The van der Waals surface area contributed by atoms with Gasteiger partial charge in [0.25, 0.3) is 0 Å². The quantitative estimate of drug-likeness (QED) is 0.319. The van der Waals surface area contributed by atoms with Gasteiger partial charge in [0.1, 0.15) is 0 Å². The number of nitrogens with one attached hydrogen (secondary N) is 1. The minimum absolute atomic E-state index is 0. The van der Waals surface area contributed by atoms with Crippen LogP contribution in [0.15, 0.2) is 23.2 Å². The van der Waals surface area contributed by atoms with Crippen LogP contribution >= 0.6 is 24.0 Å². The van der Waals surface area contributed by atoms with Crippen molar-refractivity contribution < 1.29 is 19.0 Å². The number of hydrogen-bond acceptors (Lipinski definition) is 4. The number of carbonyl (C=O) groups excluding carboxylic acids is 1. The van der Waals surface area contributed by atoms with E-state index in [0.29, 0.717) is 31.2 Å². The van der Waals surface area contributed by atoms with Gasteiger partial charge in [-0.1, -0.05) is 6.07 Å². The lowest BCUT2D eigenvalue weighted by atomic mass is 9.97. The Morgan fingerprint density at radius 2 is 2.12 bits per heavy atom. The predicted molar refractivity (Wildman–Crippen MR) is 100.0 cm³/mol. The van der Waals surface area contributed by atoms with E-state index in [0.717, 1.165) is 12.8 Å². The summed E-state index contributed by atoms with van der Waals surface area (Å²) in [5, 5.41) is 12.4. The van der Waals surface area contributed by atoms with Crippen molar-refractivity contribution in [2.75, 3.05) is 27.2 Å². The standard InChI is InChI=1S/C16H22FN3O3.HI/c1-18-16(19-10-11-3-4-14(21)13(17)9-11)20-7-5-12(6-8-20)15(22)23-2;/h3-4,9,12,21H,5-8,10H2,1-2H3,(H,18,19);1H. The Labute approximate surface area is 158 Å². The third-order valence-electron chi connectivity index (χ3n) is 4.00. The second-order valence-electron chi connectivity index (χ2n) is 5.47. The normalized spacial score (nSPS) is 15.6. The summed E-state index contributed by atoms with van der Waals surface area (Å²) >= 11 is 0. The summed E-state index contributed by atoms with van der Waals surface area (Å²) in [7, 11) is 3.10. The fourth-order valence-corrected chi connectivity index (χ4v) is 2.67. The van der Waals surface area contributed by atoms with Crippen molar-refractivity contribution in [2.45, 2.75) is 19.4 Å². The van der Waals surface area contributed by atoms with Crippen LogP contribution in [0.1, 0.15) is 18.4 Å². The molecule has 1 aliphatic rings. The molecule has 0 bridgehead atoms. The van der Waals surface area contributed by atoms with Gasteiger partial charge in [-0.05, 0) is 30.5 Å². The van der Waals surface area contributed by atoms with Gasteiger partial charge in [-0.15, -0.1) is 24.0 Å². The van der Waals surface area contributed by atoms with Gasteiger partial charge in [0.15, 0.2) is 17.5 Å². The maximum Gasteiger partial charge on any atom is 0.308 e. The SMILES string of the molecule is CN=C(NCc1ccc(O)c(F)c1)N1CCC(C(=O)OC)CC1.I. The molecule has 0 spiro atoms. The van der Waals surface area contributed by atoms with Crippen molar-refractivity contribution in [3.8, 4) is 5.75 Å². The van der Waals surface area contributed by atoms with Gasteiger partial charge in [-0.2, -0.15) is 0 Å². The Balaban J connectivity index is 0.00000288. The molecule has 0 aliphatic carbocycles. The van der Waals surface area contributed by atoms with Crippen molar-refractivity contribution in [2.24, 2.45) is 10.9 Å². The zero-order chi connectivity index (χ0) is 16.8. The highest BCUT2D eigenvalue weighted by atomic mass is 127. The molecule has 1 fully saturated rings.